The lowest BCUT2D eigenvalue weighted by Crippen LogP contribution is -2.13. The molecule has 0 radical (unpaired) electrons. The van der Waals surface area contributed by atoms with E-state index in [4.69, 9.17) is 0 Å². The maximum absolute atomic E-state index is 11.6. The molecule has 0 bridgehead atoms. The molecular formula is C11H12O4S. The van der Waals surface area contributed by atoms with Crippen molar-refractivity contribution in [3.05, 3.63) is 29.8 Å². The number of rotatable bonds is 4. The van der Waals surface area contributed by atoms with E-state index in [1.807, 2.05) is 0 Å². The van der Waals surface area contributed by atoms with Crippen LogP contribution in [-0.4, -0.2) is 25.7 Å². The number of carbonyl (C=O) groups excluding carboxylic acids is 2. The van der Waals surface area contributed by atoms with Crippen LogP contribution in [0.5, 0.6) is 0 Å². The molecule has 1 rings (SSSR count). The van der Waals surface area contributed by atoms with Crippen molar-refractivity contribution in [2.45, 2.75) is 18.7 Å². The average Bonchev–Trinajstić information content (AvgIpc) is 2.16. The van der Waals surface area contributed by atoms with Gasteiger partial charge in [-0.1, -0.05) is 12.1 Å². The van der Waals surface area contributed by atoms with Crippen LogP contribution in [0.15, 0.2) is 29.2 Å². The molecule has 1 aromatic carbocycles. The van der Waals surface area contributed by atoms with E-state index < -0.39 is 21.4 Å². The normalized spacial score (nSPS) is 11.1. The summed E-state index contributed by atoms with van der Waals surface area (Å²) in [5.41, 5.74) is 0.446. The second-order valence-corrected chi connectivity index (χ2v) is 5.53. The van der Waals surface area contributed by atoms with Gasteiger partial charge < -0.3 is 0 Å². The molecule has 0 aliphatic rings. The number of sulfone groups is 1. The topological polar surface area (TPSA) is 68.3 Å². The third kappa shape index (κ3) is 3.00. The Hall–Kier alpha value is -1.49. The van der Waals surface area contributed by atoms with Gasteiger partial charge in [0.2, 0.25) is 0 Å². The third-order valence-electron chi connectivity index (χ3n) is 2.01. The molecule has 0 heterocycles. The van der Waals surface area contributed by atoms with E-state index in [-0.39, 0.29) is 10.7 Å². The van der Waals surface area contributed by atoms with Crippen LogP contribution in [0.3, 0.4) is 0 Å². The lowest BCUT2D eigenvalue weighted by atomic mass is 10.2. The standard InChI is InChI=1S/C11H12O4S/c1-8(12)7-16(14,15)11-5-3-10(4-6-11)9(2)13/h3-6H,7H2,1-2H3. The number of Topliss-reactive ketones (excluding diaryl/α,β-unsaturated/α-hetero) is 2. The predicted molar refractivity (Wildman–Crippen MR) is 59.2 cm³/mol. The van der Waals surface area contributed by atoms with Crippen molar-refractivity contribution in [1.82, 2.24) is 0 Å². The minimum atomic E-state index is -3.56. The highest BCUT2D eigenvalue weighted by atomic mass is 32.2. The minimum Gasteiger partial charge on any atom is -0.299 e. The van der Waals surface area contributed by atoms with Crippen LogP contribution < -0.4 is 0 Å². The Balaban J connectivity index is 3.07. The Morgan fingerprint density at radius 2 is 1.56 bits per heavy atom. The number of benzene rings is 1. The third-order valence-corrected chi connectivity index (χ3v) is 3.79. The predicted octanol–water partition coefficient (Wildman–Crippen LogP) is 1.25. The molecule has 0 amide bonds. The van der Waals surface area contributed by atoms with Gasteiger partial charge >= 0.3 is 0 Å². The van der Waals surface area contributed by atoms with E-state index in [9.17, 15) is 18.0 Å². The molecule has 16 heavy (non-hydrogen) atoms. The summed E-state index contributed by atoms with van der Waals surface area (Å²) in [6.07, 6.45) is 0. The van der Waals surface area contributed by atoms with E-state index in [0.717, 1.165) is 0 Å². The second-order valence-electron chi connectivity index (χ2n) is 3.54. The van der Waals surface area contributed by atoms with Gasteiger partial charge in [0.15, 0.2) is 15.6 Å². The zero-order chi connectivity index (χ0) is 12.3. The summed E-state index contributed by atoms with van der Waals surface area (Å²) in [5.74, 6) is -1.04. The summed E-state index contributed by atoms with van der Waals surface area (Å²) in [4.78, 5) is 21.8. The van der Waals surface area contributed by atoms with Gasteiger partial charge in [-0.2, -0.15) is 0 Å². The van der Waals surface area contributed by atoms with Crippen LogP contribution >= 0.6 is 0 Å². The molecule has 0 spiro atoms. The zero-order valence-electron chi connectivity index (χ0n) is 9.06. The fourth-order valence-corrected chi connectivity index (χ4v) is 2.50. The van der Waals surface area contributed by atoms with Crippen molar-refractivity contribution < 1.29 is 18.0 Å². The van der Waals surface area contributed by atoms with Gasteiger partial charge in [0, 0.05) is 5.56 Å². The Bertz CT molecular complexity index is 511. The van der Waals surface area contributed by atoms with Gasteiger partial charge in [0.05, 0.1) is 4.90 Å². The van der Waals surface area contributed by atoms with Crippen molar-refractivity contribution in [2.75, 3.05) is 5.75 Å². The van der Waals surface area contributed by atoms with Crippen LogP contribution in [-0.2, 0) is 14.6 Å². The first kappa shape index (κ1) is 12.6. The fraction of sp³-hybridized carbons (Fsp3) is 0.273. The van der Waals surface area contributed by atoms with Crippen molar-refractivity contribution in [2.24, 2.45) is 0 Å². The summed E-state index contributed by atoms with van der Waals surface area (Å²) in [5, 5.41) is 0. The molecule has 0 unspecified atom stereocenters. The van der Waals surface area contributed by atoms with Crippen molar-refractivity contribution in [3.8, 4) is 0 Å². The van der Waals surface area contributed by atoms with E-state index >= 15 is 0 Å². The summed E-state index contributed by atoms with van der Waals surface area (Å²) in [6, 6.07) is 5.56. The Morgan fingerprint density at radius 1 is 1.06 bits per heavy atom. The Labute approximate surface area is 94.2 Å². The molecule has 86 valence electrons. The molecule has 0 aliphatic heterocycles. The summed E-state index contributed by atoms with van der Waals surface area (Å²) >= 11 is 0. The van der Waals surface area contributed by atoms with Crippen LogP contribution in [0.25, 0.3) is 0 Å². The highest BCUT2D eigenvalue weighted by Gasteiger charge is 2.16. The van der Waals surface area contributed by atoms with Crippen LogP contribution in [0.4, 0.5) is 0 Å². The highest BCUT2D eigenvalue weighted by molar-refractivity contribution is 7.92. The Kier molecular flexibility index (Phi) is 3.59. The number of ketones is 2. The summed E-state index contributed by atoms with van der Waals surface area (Å²) < 4.78 is 23.2. The molecule has 0 saturated heterocycles. The van der Waals surface area contributed by atoms with Gasteiger partial charge in [0.25, 0.3) is 0 Å². The Morgan fingerprint density at radius 3 is 1.94 bits per heavy atom. The molecule has 0 saturated carbocycles. The largest absolute Gasteiger partial charge is 0.299 e. The molecule has 0 N–H and O–H groups in total. The van der Waals surface area contributed by atoms with E-state index in [1.54, 1.807) is 0 Å². The first-order chi connectivity index (χ1) is 7.33. The van der Waals surface area contributed by atoms with Gasteiger partial charge in [-0.05, 0) is 26.0 Å². The second kappa shape index (κ2) is 4.57. The van der Waals surface area contributed by atoms with Gasteiger partial charge in [-0.15, -0.1) is 0 Å². The number of hydrogen-bond donors (Lipinski definition) is 0. The summed E-state index contributed by atoms with van der Waals surface area (Å²) in [6.45, 7) is 2.63. The van der Waals surface area contributed by atoms with Gasteiger partial charge in [0.1, 0.15) is 11.5 Å². The molecule has 0 fully saturated rings. The van der Waals surface area contributed by atoms with E-state index in [0.29, 0.717) is 5.56 Å². The first-order valence-electron chi connectivity index (χ1n) is 4.66. The number of hydrogen-bond acceptors (Lipinski definition) is 4. The zero-order valence-corrected chi connectivity index (χ0v) is 9.87. The van der Waals surface area contributed by atoms with Crippen molar-refractivity contribution in [3.63, 3.8) is 0 Å². The van der Waals surface area contributed by atoms with Crippen LogP contribution in [0.2, 0.25) is 0 Å². The monoisotopic (exact) mass is 240 g/mol. The van der Waals surface area contributed by atoms with Crippen molar-refractivity contribution >= 4 is 21.4 Å². The molecule has 0 atom stereocenters. The maximum atomic E-state index is 11.6. The average molecular weight is 240 g/mol. The van der Waals surface area contributed by atoms with Crippen LogP contribution in [0, 0.1) is 0 Å². The SMILES string of the molecule is CC(=O)CS(=O)(=O)c1ccc(C(C)=O)cc1. The lowest BCUT2D eigenvalue weighted by molar-refractivity contribution is -0.114. The smallest absolute Gasteiger partial charge is 0.185 e. The lowest BCUT2D eigenvalue weighted by Gasteiger charge is -2.02. The van der Waals surface area contributed by atoms with Crippen LogP contribution in [0.1, 0.15) is 24.2 Å². The molecule has 0 aliphatic carbocycles. The molecule has 4 nitrogen and oxygen atoms in total. The number of carbonyl (C=O) groups is 2. The van der Waals surface area contributed by atoms with Gasteiger partial charge in [-0.3, -0.25) is 9.59 Å². The highest BCUT2D eigenvalue weighted by Crippen LogP contribution is 2.12. The molecular weight excluding hydrogens is 228 g/mol. The fourth-order valence-electron chi connectivity index (χ4n) is 1.25. The maximum Gasteiger partial charge on any atom is 0.185 e. The van der Waals surface area contributed by atoms with Gasteiger partial charge in [-0.25, -0.2) is 8.42 Å². The molecule has 5 heteroatoms. The summed E-state index contributed by atoms with van der Waals surface area (Å²) in [7, 11) is -3.56. The molecule has 1 aromatic rings. The molecule has 0 aromatic heterocycles. The minimum absolute atomic E-state index is 0.0627. The van der Waals surface area contributed by atoms with E-state index in [2.05, 4.69) is 0 Å². The quantitative estimate of drug-likeness (QED) is 0.743. The van der Waals surface area contributed by atoms with Crippen molar-refractivity contribution in [1.29, 1.82) is 0 Å². The first-order valence-corrected chi connectivity index (χ1v) is 6.31. The van der Waals surface area contributed by atoms with E-state index in [1.165, 1.54) is 38.1 Å².